The molecule has 1 aliphatic heterocycles. The third-order valence-corrected chi connectivity index (χ3v) is 2.53. The Bertz CT molecular complexity index is 146. The Morgan fingerprint density at radius 3 is 2.67 bits per heavy atom. The molecule has 1 rings (SSSR count). The van der Waals surface area contributed by atoms with Gasteiger partial charge in [-0.25, -0.2) is 4.57 Å². The molecule has 0 saturated carbocycles. The normalized spacial score (nSPS) is 43.6. The monoisotopic (exact) mass is 152 g/mol. The van der Waals surface area contributed by atoms with Crippen LogP contribution in [0.25, 0.3) is 0 Å². The van der Waals surface area contributed by atoms with Gasteiger partial charge in [0.25, 0.3) is 0 Å². The lowest BCUT2D eigenvalue weighted by molar-refractivity contribution is 0.206. The summed E-state index contributed by atoms with van der Waals surface area (Å²) in [4.78, 5) is 0. The van der Waals surface area contributed by atoms with Crippen LogP contribution in [0, 0.1) is 0 Å². The molecule has 1 fully saturated rings. The molecule has 0 amide bonds. The smallest absolute Gasteiger partial charge is 0.290 e. The molecule has 0 aromatic carbocycles. The minimum absolute atomic E-state index is 0.115. The fraction of sp³-hybridized carbons (Fsp3) is 1.00. The summed E-state index contributed by atoms with van der Waals surface area (Å²) in [5.74, 6) is 0. The van der Waals surface area contributed by atoms with Crippen LogP contribution < -0.4 is 0 Å². The van der Waals surface area contributed by atoms with Crippen molar-refractivity contribution in [2.45, 2.75) is 13.0 Å². The van der Waals surface area contributed by atoms with E-state index in [1.807, 2.05) is 0 Å². The Hall–Kier alpha value is 0.110. The first-order chi connectivity index (χ1) is 4.16. The highest BCUT2D eigenvalue weighted by Gasteiger charge is 2.34. The molecule has 0 radical (unpaired) electrons. The molecule has 0 aliphatic carbocycles. The predicted molar refractivity (Wildman–Crippen MR) is 31.1 cm³/mol. The summed E-state index contributed by atoms with van der Waals surface area (Å²) in [7, 11) is -1.80. The summed E-state index contributed by atoms with van der Waals surface area (Å²) in [5, 5.41) is 0. The first-order valence-corrected chi connectivity index (χ1v) is 4.11. The zero-order chi connectivity index (χ0) is 6.91. The van der Waals surface area contributed by atoms with E-state index in [1.54, 1.807) is 6.92 Å². The minimum Gasteiger partial charge on any atom is -0.290 e. The molecule has 0 spiro atoms. The van der Waals surface area contributed by atoms with E-state index in [4.69, 9.17) is 9.05 Å². The van der Waals surface area contributed by atoms with E-state index in [9.17, 15) is 4.57 Å². The SMILES string of the molecule is COP1(=O)OC[C@H](C)O1. The second-order valence-corrected chi connectivity index (χ2v) is 3.57. The quantitative estimate of drug-likeness (QED) is 0.529. The summed E-state index contributed by atoms with van der Waals surface area (Å²) >= 11 is 0. The van der Waals surface area contributed by atoms with E-state index < -0.39 is 7.82 Å². The van der Waals surface area contributed by atoms with Crippen LogP contribution in [0.1, 0.15) is 6.92 Å². The minimum atomic E-state index is -3.11. The van der Waals surface area contributed by atoms with Gasteiger partial charge < -0.3 is 0 Å². The fourth-order valence-corrected chi connectivity index (χ4v) is 1.72. The van der Waals surface area contributed by atoms with Crippen molar-refractivity contribution in [3.63, 3.8) is 0 Å². The summed E-state index contributed by atoms with van der Waals surface area (Å²) in [6, 6.07) is 0. The van der Waals surface area contributed by atoms with Crippen LogP contribution in [0.4, 0.5) is 0 Å². The Balaban J connectivity index is 2.55. The molecular formula is C4H9O4P. The lowest BCUT2D eigenvalue weighted by atomic mass is 10.5. The van der Waals surface area contributed by atoms with Gasteiger partial charge in [0, 0.05) is 7.11 Å². The maximum absolute atomic E-state index is 10.9. The molecule has 1 aliphatic rings. The average molecular weight is 152 g/mol. The van der Waals surface area contributed by atoms with E-state index in [1.165, 1.54) is 7.11 Å². The summed E-state index contributed by atoms with van der Waals surface area (Å²) in [6.07, 6.45) is -0.115. The van der Waals surface area contributed by atoms with Gasteiger partial charge in [-0.15, -0.1) is 0 Å². The van der Waals surface area contributed by atoms with Gasteiger partial charge in [-0.1, -0.05) is 0 Å². The van der Waals surface area contributed by atoms with E-state index in [2.05, 4.69) is 4.52 Å². The summed E-state index contributed by atoms with van der Waals surface area (Å²) < 4.78 is 24.9. The molecule has 1 heterocycles. The number of hydrogen-bond donors (Lipinski definition) is 0. The van der Waals surface area contributed by atoms with Crippen molar-refractivity contribution in [3.8, 4) is 0 Å². The van der Waals surface area contributed by atoms with Crippen molar-refractivity contribution < 1.29 is 18.1 Å². The number of phosphoric acid groups is 1. The molecule has 9 heavy (non-hydrogen) atoms. The Kier molecular flexibility index (Phi) is 1.91. The standard InChI is InChI=1S/C4H9O4P/c1-4-3-7-9(5,6-2)8-4/h4H,3H2,1-2H3/t4-,9?/m0/s1. The predicted octanol–water partition coefficient (Wildman–Crippen LogP) is 1.18. The van der Waals surface area contributed by atoms with E-state index in [-0.39, 0.29) is 6.10 Å². The molecule has 5 heteroatoms. The second-order valence-electron chi connectivity index (χ2n) is 1.84. The molecule has 1 unspecified atom stereocenters. The van der Waals surface area contributed by atoms with Crippen LogP contribution in [0.5, 0.6) is 0 Å². The van der Waals surface area contributed by atoms with Gasteiger partial charge in [0.2, 0.25) is 0 Å². The maximum atomic E-state index is 10.9. The molecule has 2 atom stereocenters. The van der Waals surface area contributed by atoms with Gasteiger partial charge in [-0.05, 0) is 6.92 Å². The van der Waals surface area contributed by atoms with E-state index in [0.717, 1.165) is 0 Å². The number of rotatable bonds is 1. The van der Waals surface area contributed by atoms with Crippen molar-refractivity contribution in [1.29, 1.82) is 0 Å². The molecule has 0 aromatic heterocycles. The molecule has 1 saturated heterocycles. The van der Waals surface area contributed by atoms with Crippen molar-refractivity contribution >= 4 is 7.82 Å². The van der Waals surface area contributed by atoms with Crippen molar-refractivity contribution in [3.05, 3.63) is 0 Å². The van der Waals surface area contributed by atoms with Gasteiger partial charge in [0.15, 0.2) is 0 Å². The molecular weight excluding hydrogens is 143 g/mol. The lowest BCUT2D eigenvalue weighted by Gasteiger charge is -2.04. The van der Waals surface area contributed by atoms with Gasteiger partial charge in [-0.3, -0.25) is 13.6 Å². The second kappa shape index (κ2) is 2.39. The lowest BCUT2D eigenvalue weighted by Crippen LogP contribution is -2.00. The Labute approximate surface area is 53.7 Å². The molecule has 0 aromatic rings. The highest BCUT2D eigenvalue weighted by Crippen LogP contribution is 2.53. The van der Waals surface area contributed by atoms with Crippen LogP contribution in [0.15, 0.2) is 0 Å². The summed E-state index contributed by atoms with van der Waals surface area (Å²) in [5.41, 5.74) is 0. The van der Waals surface area contributed by atoms with Crippen LogP contribution >= 0.6 is 7.82 Å². The van der Waals surface area contributed by atoms with Crippen molar-refractivity contribution in [2.75, 3.05) is 13.7 Å². The third kappa shape index (κ3) is 1.52. The topological polar surface area (TPSA) is 44.8 Å². The average Bonchev–Trinajstić information content (AvgIpc) is 2.13. The highest BCUT2D eigenvalue weighted by molar-refractivity contribution is 7.48. The van der Waals surface area contributed by atoms with Gasteiger partial charge in [-0.2, -0.15) is 0 Å². The number of phosphoric ester groups is 1. The largest absolute Gasteiger partial charge is 0.474 e. The maximum Gasteiger partial charge on any atom is 0.474 e. The van der Waals surface area contributed by atoms with Crippen LogP contribution in [-0.2, 0) is 18.1 Å². The molecule has 54 valence electrons. The van der Waals surface area contributed by atoms with Gasteiger partial charge in [0.05, 0.1) is 12.7 Å². The van der Waals surface area contributed by atoms with E-state index in [0.29, 0.717) is 6.61 Å². The Morgan fingerprint density at radius 1 is 1.78 bits per heavy atom. The van der Waals surface area contributed by atoms with Crippen LogP contribution in [0.3, 0.4) is 0 Å². The van der Waals surface area contributed by atoms with E-state index >= 15 is 0 Å². The van der Waals surface area contributed by atoms with Gasteiger partial charge >= 0.3 is 7.82 Å². The zero-order valence-electron chi connectivity index (χ0n) is 5.36. The third-order valence-electron chi connectivity index (χ3n) is 1.00. The molecule has 0 N–H and O–H groups in total. The fourth-order valence-electron chi connectivity index (χ4n) is 0.573. The van der Waals surface area contributed by atoms with Crippen LogP contribution in [-0.4, -0.2) is 19.8 Å². The Morgan fingerprint density at radius 2 is 2.44 bits per heavy atom. The molecule has 0 bridgehead atoms. The van der Waals surface area contributed by atoms with Crippen molar-refractivity contribution in [2.24, 2.45) is 0 Å². The first kappa shape index (κ1) is 7.22. The summed E-state index contributed by atoms with van der Waals surface area (Å²) in [6.45, 7) is 2.13. The highest BCUT2D eigenvalue weighted by atomic mass is 31.2. The number of hydrogen-bond acceptors (Lipinski definition) is 4. The first-order valence-electron chi connectivity index (χ1n) is 2.65. The van der Waals surface area contributed by atoms with Crippen LogP contribution in [0.2, 0.25) is 0 Å². The zero-order valence-corrected chi connectivity index (χ0v) is 6.26. The van der Waals surface area contributed by atoms with Crippen molar-refractivity contribution in [1.82, 2.24) is 0 Å². The molecule has 4 nitrogen and oxygen atoms in total. The van der Waals surface area contributed by atoms with Gasteiger partial charge in [0.1, 0.15) is 0 Å².